The maximum Gasteiger partial charge on any atom is 0.0573 e. The van der Waals surface area contributed by atoms with E-state index in [0.717, 1.165) is 24.5 Å². The molecule has 2 aromatic carbocycles. The normalized spacial score (nSPS) is 10.3. The van der Waals surface area contributed by atoms with Crippen molar-refractivity contribution < 1.29 is 0 Å². The molecule has 0 unspecified atom stereocenters. The summed E-state index contributed by atoms with van der Waals surface area (Å²) in [4.78, 5) is 0. The minimum atomic E-state index is 0.824. The Bertz CT molecular complexity index is 511. The van der Waals surface area contributed by atoms with Gasteiger partial charge in [0, 0.05) is 18.8 Å². The second kappa shape index (κ2) is 8.90. The monoisotopic (exact) mass is 283 g/mol. The molecule has 2 rings (SSSR count). The fourth-order valence-corrected chi connectivity index (χ4v) is 2.27. The smallest absolute Gasteiger partial charge is 0.0573 e. The molecule has 0 aliphatic carbocycles. The van der Waals surface area contributed by atoms with E-state index in [1.165, 1.54) is 31.4 Å². The highest BCUT2D eigenvalue weighted by Crippen LogP contribution is 2.16. The van der Waals surface area contributed by atoms with E-state index in [1.807, 2.05) is 30.3 Å². The number of hydrogen-bond acceptors (Lipinski definition) is 3. The van der Waals surface area contributed by atoms with Crippen molar-refractivity contribution in [1.29, 1.82) is 0 Å². The van der Waals surface area contributed by atoms with Gasteiger partial charge in [0.05, 0.1) is 11.4 Å². The zero-order valence-corrected chi connectivity index (χ0v) is 12.5. The van der Waals surface area contributed by atoms with Crippen LogP contribution in [0.5, 0.6) is 0 Å². The van der Waals surface area contributed by atoms with Crippen LogP contribution in [0, 0.1) is 0 Å². The van der Waals surface area contributed by atoms with Gasteiger partial charge in [0.15, 0.2) is 0 Å². The van der Waals surface area contributed by atoms with Gasteiger partial charge in [0.1, 0.15) is 0 Å². The van der Waals surface area contributed by atoms with Crippen molar-refractivity contribution in [3.63, 3.8) is 0 Å². The molecule has 0 radical (unpaired) electrons. The molecule has 112 valence electrons. The predicted octanol–water partition coefficient (Wildman–Crippen LogP) is 4.35. The average Bonchev–Trinajstić information content (AvgIpc) is 2.52. The van der Waals surface area contributed by atoms with Crippen LogP contribution >= 0.6 is 0 Å². The molecule has 0 aliphatic rings. The number of nitrogen functional groups attached to an aromatic ring is 1. The number of nitrogens with one attached hydrogen (secondary N) is 2. The van der Waals surface area contributed by atoms with Gasteiger partial charge in [-0.05, 0) is 37.1 Å². The first-order valence-electron chi connectivity index (χ1n) is 7.73. The Morgan fingerprint density at radius 3 is 2.00 bits per heavy atom. The van der Waals surface area contributed by atoms with E-state index < -0.39 is 0 Å². The van der Waals surface area contributed by atoms with E-state index in [1.54, 1.807) is 0 Å². The first-order chi connectivity index (χ1) is 10.4. The zero-order valence-electron chi connectivity index (χ0n) is 12.5. The molecule has 21 heavy (non-hydrogen) atoms. The third-order valence-corrected chi connectivity index (χ3v) is 3.48. The van der Waals surface area contributed by atoms with Crippen molar-refractivity contribution in [3.05, 3.63) is 54.6 Å². The molecule has 3 nitrogen and oxygen atoms in total. The average molecular weight is 283 g/mol. The van der Waals surface area contributed by atoms with Crippen LogP contribution in [-0.4, -0.2) is 13.1 Å². The van der Waals surface area contributed by atoms with Gasteiger partial charge in [-0.15, -0.1) is 0 Å². The Morgan fingerprint density at radius 2 is 1.29 bits per heavy atom. The Kier molecular flexibility index (Phi) is 6.46. The summed E-state index contributed by atoms with van der Waals surface area (Å²) in [5, 5.41) is 6.83. The lowest BCUT2D eigenvalue weighted by Gasteiger charge is -2.09. The van der Waals surface area contributed by atoms with E-state index in [0.29, 0.717) is 0 Å². The molecule has 0 saturated heterocycles. The third kappa shape index (κ3) is 5.78. The number of rotatable bonds is 9. The lowest BCUT2D eigenvalue weighted by atomic mass is 10.2. The number of hydrogen-bond donors (Lipinski definition) is 3. The molecule has 0 fully saturated rings. The Morgan fingerprint density at radius 1 is 0.667 bits per heavy atom. The topological polar surface area (TPSA) is 50.1 Å². The lowest BCUT2D eigenvalue weighted by Crippen LogP contribution is -2.05. The van der Waals surface area contributed by atoms with Gasteiger partial charge in [-0.2, -0.15) is 0 Å². The van der Waals surface area contributed by atoms with Crippen molar-refractivity contribution in [1.82, 2.24) is 0 Å². The molecule has 2 aromatic rings. The van der Waals surface area contributed by atoms with Crippen molar-refractivity contribution in [2.45, 2.75) is 25.7 Å². The first kappa shape index (κ1) is 15.2. The fourth-order valence-electron chi connectivity index (χ4n) is 2.27. The predicted molar refractivity (Wildman–Crippen MR) is 92.7 cm³/mol. The SMILES string of the molecule is Nc1ccccc1NCCCCCCNc1ccccc1. The summed E-state index contributed by atoms with van der Waals surface area (Å²) in [7, 11) is 0. The standard InChI is InChI=1S/C18H25N3/c19-17-12-6-7-13-18(17)21-15-9-2-1-8-14-20-16-10-4-3-5-11-16/h3-7,10-13,20-21H,1-2,8-9,14-15,19H2. The quantitative estimate of drug-likeness (QED) is 0.473. The van der Waals surface area contributed by atoms with Crippen LogP contribution in [-0.2, 0) is 0 Å². The maximum atomic E-state index is 5.89. The van der Waals surface area contributed by atoms with Crippen LogP contribution in [0.2, 0.25) is 0 Å². The summed E-state index contributed by atoms with van der Waals surface area (Å²) in [6, 6.07) is 18.3. The molecule has 0 atom stereocenters. The van der Waals surface area contributed by atoms with E-state index >= 15 is 0 Å². The van der Waals surface area contributed by atoms with E-state index in [4.69, 9.17) is 5.73 Å². The molecule has 0 heterocycles. The molecular weight excluding hydrogens is 258 g/mol. The zero-order chi connectivity index (χ0) is 14.8. The van der Waals surface area contributed by atoms with Crippen molar-refractivity contribution in [3.8, 4) is 0 Å². The Hall–Kier alpha value is -2.16. The van der Waals surface area contributed by atoms with E-state index in [2.05, 4.69) is 34.9 Å². The van der Waals surface area contributed by atoms with Crippen LogP contribution in [0.3, 0.4) is 0 Å². The number of unbranched alkanes of at least 4 members (excludes halogenated alkanes) is 3. The highest BCUT2D eigenvalue weighted by atomic mass is 14.9. The maximum absolute atomic E-state index is 5.89. The third-order valence-electron chi connectivity index (χ3n) is 3.48. The van der Waals surface area contributed by atoms with Crippen LogP contribution in [0.4, 0.5) is 17.1 Å². The summed E-state index contributed by atoms with van der Waals surface area (Å²) in [5.74, 6) is 0. The van der Waals surface area contributed by atoms with Crippen LogP contribution in [0.25, 0.3) is 0 Å². The van der Waals surface area contributed by atoms with Crippen LogP contribution in [0.15, 0.2) is 54.6 Å². The second-order valence-corrected chi connectivity index (χ2v) is 5.22. The fraction of sp³-hybridized carbons (Fsp3) is 0.333. The molecule has 4 N–H and O–H groups in total. The molecule has 0 aromatic heterocycles. The molecule has 0 aliphatic heterocycles. The number of benzene rings is 2. The van der Waals surface area contributed by atoms with Crippen molar-refractivity contribution in [2.24, 2.45) is 0 Å². The summed E-state index contributed by atoms with van der Waals surface area (Å²) in [5.41, 5.74) is 8.96. The van der Waals surface area contributed by atoms with Gasteiger partial charge in [-0.1, -0.05) is 43.2 Å². The summed E-state index contributed by atoms with van der Waals surface area (Å²) < 4.78 is 0. The summed E-state index contributed by atoms with van der Waals surface area (Å²) in [6.45, 7) is 2.03. The lowest BCUT2D eigenvalue weighted by molar-refractivity contribution is 0.670. The summed E-state index contributed by atoms with van der Waals surface area (Å²) in [6.07, 6.45) is 4.89. The van der Waals surface area contributed by atoms with Gasteiger partial charge in [0.25, 0.3) is 0 Å². The first-order valence-corrected chi connectivity index (χ1v) is 7.73. The number of anilines is 3. The van der Waals surface area contributed by atoms with Crippen LogP contribution in [0.1, 0.15) is 25.7 Å². The molecule has 3 heteroatoms. The molecule has 0 spiro atoms. The minimum absolute atomic E-state index is 0.824. The minimum Gasteiger partial charge on any atom is -0.397 e. The highest BCUT2D eigenvalue weighted by Gasteiger charge is 1.96. The van der Waals surface area contributed by atoms with Gasteiger partial charge in [-0.25, -0.2) is 0 Å². The second-order valence-electron chi connectivity index (χ2n) is 5.22. The molecule has 0 saturated carbocycles. The van der Waals surface area contributed by atoms with Gasteiger partial charge >= 0.3 is 0 Å². The van der Waals surface area contributed by atoms with Crippen LogP contribution < -0.4 is 16.4 Å². The number of para-hydroxylation sites is 3. The summed E-state index contributed by atoms with van der Waals surface area (Å²) >= 11 is 0. The van der Waals surface area contributed by atoms with Gasteiger partial charge in [0.2, 0.25) is 0 Å². The molecule has 0 amide bonds. The molecule has 0 bridgehead atoms. The highest BCUT2D eigenvalue weighted by molar-refractivity contribution is 5.65. The van der Waals surface area contributed by atoms with E-state index in [-0.39, 0.29) is 0 Å². The Labute approximate surface area is 127 Å². The van der Waals surface area contributed by atoms with Crippen molar-refractivity contribution in [2.75, 3.05) is 29.5 Å². The largest absolute Gasteiger partial charge is 0.397 e. The molecular formula is C18H25N3. The van der Waals surface area contributed by atoms with E-state index in [9.17, 15) is 0 Å². The Balaban J connectivity index is 1.48. The number of nitrogens with two attached hydrogens (primary N) is 1. The van der Waals surface area contributed by atoms with Gasteiger partial charge in [-0.3, -0.25) is 0 Å². The van der Waals surface area contributed by atoms with Crippen molar-refractivity contribution >= 4 is 17.1 Å². The van der Waals surface area contributed by atoms with Gasteiger partial charge < -0.3 is 16.4 Å².